The van der Waals surface area contributed by atoms with Crippen LogP contribution in [0.5, 0.6) is 0 Å². The van der Waals surface area contributed by atoms with Crippen LogP contribution < -0.4 is 0 Å². The molecule has 1 aliphatic heterocycles. The van der Waals surface area contributed by atoms with Gasteiger partial charge in [-0.3, -0.25) is 0 Å². The van der Waals surface area contributed by atoms with E-state index in [0.29, 0.717) is 18.9 Å². The van der Waals surface area contributed by atoms with Gasteiger partial charge in [0, 0.05) is 19.4 Å². The molecule has 1 fully saturated rings. The molecule has 0 amide bonds. The number of ether oxygens (including phenoxy) is 1. The Morgan fingerprint density at radius 2 is 2.13 bits per heavy atom. The molecule has 0 bridgehead atoms. The highest BCUT2D eigenvalue weighted by Crippen LogP contribution is 2.14. The van der Waals surface area contributed by atoms with Gasteiger partial charge in [-0.05, 0) is 33.0 Å². The third kappa shape index (κ3) is 5.17. The molecule has 1 atom stereocenters. The summed E-state index contributed by atoms with van der Waals surface area (Å²) in [6, 6.07) is 0. The first kappa shape index (κ1) is 12.5. The molecule has 1 saturated heterocycles. The fourth-order valence-electron chi connectivity index (χ4n) is 1.73. The first-order valence-electron chi connectivity index (χ1n) is 5.56. The third-order valence-electron chi connectivity index (χ3n) is 2.72. The van der Waals surface area contributed by atoms with E-state index in [2.05, 4.69) is 23.8 Å². The smallest absolute Gasteiger partial charge is 0.0882 e. The first-order chi connectivity index (χ1) is 7.22. The molecule has 0 aromatic rings. The molecule has 1 aliphatic rings. The number of nitrogens with zero attached hydrogens (tertiary/aromatic N) is 1. The van der Waals surface area contributed by atoms with Crippen molar-refractivity contribution in [2.45, 2.75) is 25.4 Å². The number of rotatable bonds is 3. The fraction of sp³-hybridized carbons (Fsp3) is 0.833. The predicted molar refractivity (Wildman–Crippen MR) is 60.5 cm³/mol. The molecular weight excluding hydrogens is 190 g/mol. The van der Waals surface area contributed by atoms with Crippen LogP contribution in [0.3, 0.4) is 0 Å². The van der Waals surface area contributed by atoms with Gasteiger partial charge in [0.2, 0.25) is 0 Å². The van der Waals surface area contributed by atoms with Gasteiger partial charge in [0.1, 0.15) is 0 Å². The lowest BCUT2D eigenvalue weighted by Crippen LogP contribution is -2.29. The van der Waals surface area contributed by atoms with Gasteiger partial charge in [-0.1, -0.05) is 5.92 Å². The number of hydrogen-bond acceptors (Lipinski definition) is 3. The summed E-state index contributed by atoms with van der Waals surface area (Å²) in [6.45, 7) is 2.65. The van der Waals surface area contributed by atoms with Crippen LogP contribution in [0.2, 0.25) is 0 Å². The summed E-state index contributed by atoms with van der Waals surface area (Å²) in [7, 11) is 3.74. The normalized spacial score (nSPS) is 20.7. The zero-order valence-electron chi connectivity index (χ0n) is 9.70. The van der Waals surface area contributed by atoms with Crippen molar-refractivity contribution in [2.75, 3.05) is 33.9 Å². The number of likely N-dealkylation sites (tertiary alicyclic amines) is 1. The molecule has 15 heavy (non-hydrogen) atoms. The SMILES string of the molecule is COCC(O)CC#CC1CCN(C)CC1. The predicted octanol–water partition coefficient (Wildman–Crippen LogP) is 0.729. The third-order valence-corrected chi connectivity index (χ3v) is 2.72. The Bertz CT molecular complexity index is 224. The minimum atomic E-state index is -0.436. The molecule has 1 rings (SSSR count). The lowest BCUT2D eigenvalue weighted by Gasteiger charge is -2.25. The molecular formula is C12H21NO2. The Hall–Kier alpha value is -0.560. The largest absolute Gasteiger partial charge is 0.390 e. The summed E-state index contributed by atoms with van der Waals surface area (Å²) in [5, 5.41) is 9.38. The van der Waals surface area contributed by atoms with Gasteiger partial charge in [0.25, 0.3) is 0 Å². The van der Waals surface area contributed by atoms with Gasteiger partial charge in [-0.2, -0.15) is 0 Å². The van der Waals surface area contributed by atoms with Gasteiger partial charge in [-0.25, -0.2) is 0 Å². The molecule has 1 heterocycles. The molecule has 0 aromatic heterocycles. The van der Waals surface area contributed by atoms with Crippen molar-refractivity contribution in [1.29, 1.82) is 0 Å². The summed E-state index contributed by atoms with van der Waals surface area (Å²) in [4.78, 5) is 2.33. The van der Waals surface area contributed by atoms with E-state index in [1.54, 1.807) is 7.11 Å². The molecule has 0 radical (unpaired) electrons. The maximum Gasteiger partial charge on any atom is 0.0882 e. The van der Waals surface area contributed by atoms with E-state index >= 15 is 0 Å². The highest BCUT2D eigenvalue weighted by atomic mass is 16.5. The van der Waals surface area contributed by atoms with Crippen molar-refractivity contribution in [3.05, 3.63) is 0 Å². The molecule has 1 unspecified atom stereocenters. The molecule has 3 heteroatoms. The maximum absolute atomic E-state index is 9.38. The van der Waals surface area contributed by atoms with Crippen LogP contribution in [0.25, 0.3) is 0 Å². The number of hydrogen-bond donors (Lipinski definition) is 1. The number of piperidine rings is 1. The average molecular weight is 211 g/mol. The van der Waals surface area contributed by atoms with Gasteiger partial charge < -0.3 is 14.7 Å². The Morgan fingerprint density at radius 1 is 1.47 bits per heavy atom. The van der Waals surface area contributed by atoms with Crippen LogP contribution in [0, 0.1) is 17.8 Å². The molecule has 1 N–H and O–H groups in total. The topological polar surface area (TPSA) is 32.7 Å². The summed E-state index contributed by atoms with van der Waals surface area (Å²) < 4.78 is 4.84. The number of aliphatic hydroxyl groups is 1. The van der Waals surface area contributed by atoms with Crippen molar-refractivity contribution in [3.63, 3.8) is 0 Å². The quantitative estimate of drug-likeness (QED) is 0.699. The van der Waals surface area contributed by atoms with Crippen LogP contribution in [-0.2, 0) is 4.74 Å². The summed E-state index contributed by atoms with van der Waals surface area (Å²) in [5.41, 5.74) is 0. The van der Waals surface area contributed by atoms with Crippen molar-refractivity contribution >= 4 is 0 Å². The first-order valence-corrected chi connectivity index (χ1v) is 5.56. The zero-order valence-corrected chi connectivity index (χ0v) is 9.70. The van der Waals surface area contributed by atoms with E-state index in [0.717, 1.165) is 25.9 Å². The van der Waals surface area contributed by atoms with Crippen molar-refractivity contribution in [3.8, 4) is 11.8 Å². The van der Waals surface area contributed by atoms with E-state index in [9.17, 15) is 5.11 Å². The monoisotopic (exact) mass is 211 g/mol. The second-order valence-electron chi connectivity index (χ2n) is 4.21. The minimum absolute atomic E-state index is 0.377. The summed E-state index contributed by atoms with van der Waals surface area (Å²) in [5.74, 6) is 6.82. The van der Waals surface area contributed by atoms with E-state index in [1.165, 1.54) is 0 Å². The van der Waals surface area contributed by atoms with E-state index < -0.39 is 6.10 Å². The lowest BCUT2D eigenvalue weighted by atomic mass is 9.98. The van der Waals surface area contributed by atoms with Crippen molar-refractivity contribution in [1.82, 2.24) is 4.90 Å². The maximum atomic E-state index is 9.38. The van der Waals surface area contributed by atoms with Gasteiger partial charge in [-0.15, -0.1) is 5.92 Å². The van der Waals surface area contributed by atoms with E-state index in [1.807, 2.05) is 0 Å². The van der Waals surface area contributed by atoms with Gasteiger partial charge >= 0.3 is 0 Å². The van der Waals surface area contributed by atoms with Crippen molar-refractivity contribution < 1.29 is 9.84 Å². The Morgan fingerprint density at radius 3 is 2.73 bits per heavy atom. The summed E-state index contributed by atoms with van der Waals surface area (Å²) in [6.07, 6.45) is 2.40. The Labute approximate surface area is 92.4 Å². The highest BCUT2D eigenvalue weighted by molar-refractivity contribution is 5.05. The standard InChI is InChI=1S/C12H21NO2/c1-13-8-6-11(7-9-13)4-3-5-12(14)10-15-2/h11-12,14H,5-10H2,1-2H3. The number of methoxy groups -OCH3 is 1. The minimum Gasteiger partial charge on any atom is -0.390 e. The highest BCUT2D eigenvalue weighted by Gasteiger charge is 2.13. The van der Waals surface area contributed by atoms with Crippen LogP contribution in [0.15, 0.2) is 0 Å². The molecule has 86 valence electrons. The zero-order chi connectivity index (χ0) is 11.1. The second kappa shape index (κ2) is 6.84. The lowest BCUT2D eigenvalue weighted by molar-refractivity contribution is 0.0680. The van der Waals surface area contributed by atoms with Gasteiger partial charge in [0.15, 0.2) is 0 Å². The summed E-state index contributed by atoms with van der Waals surface area (Å²) >= 11 is 0. The van der Waals surface area contributed by atoms with E-state index in [4.69, 9.17) is 4.74 Å². The average Bonchev–Trinajstić information content (AvgIpc) is 2.21. The second-order valence-corrected chi connectivity index (χ2v) is 4.21. The van der Waals surface area contributed by atoms with Crippen molar-refractivity contribution in [2.24, 2.45) is 5.92 Å². The fourth-order valence-corrected chi connectivity index (χ4v) is 1.73. The molecule has 0 aliphatic carbocycles. The van der Waals surface area contributed by atoms with Crippen LogP contribution in [0.1, 0.15) is 19.3 Å². The van der Waals surface area contributed by atoms with Crippen LogP contribution >= 0.6 is 0 Å². The molecule has 0 spiro atoms. The van der Waals surface area contributed by atoms with Gasteiger partial charge in [0.05, 0.1) is 12.7 Å². The molecule has 3 nitrogen and oxygen atoms in total. The number of aliphatic hydroxyl groups excluding tert-OH is 1. The molecule has 0 saturated carbocycles. The van der Waals surface area contributed by atoms with Crippen LogP contribution in [-0.4, -0.2) is 50.0 Å². The van der Waals surface area contributed by atoms with Crippen LogP contribution in [0.4, 0.5) is 0 Å². The van der Waals surface area contributed by atoms with E-state index in [-0.39, 0.29) is 0 Å². The molecule has 0 aromatic carbocycles. The Balaban J connectivity index is 2.20. The Kier molecular flexibility index (Phi) is 5.70.